The molecule has 0 bridgehead atoms. The second kappa shape index (κ2) is 6.77. The summed E-state index contributed by atoms with van der Waals surface area (Å²) in [5, 5.41) is 18.8. The molecule has 0 radical (unpaired) electrons. The van der Waals surface area contributed by atoms with Gasteiger partial charge in [0, 0.05) is 38.8 Å². The molecule has 0 aliphatic carbocycles. The van der Waals surface area contributed by atoms with Gasteiger partial charge in [0.2, 0.25) is 11.8 Å². The number of rotatable bonds is 8. The van der Waals surface area contributed by atoms with Crippen molar-refractivity contribution in [2.45, 2.75) is 50.7 Å². The Morgan fingerprint density at radius 2 is 2.09 bits per heavy atom. The van der Waals surface area contributed by atoms with Crippen molar-refractivity contribution in [1.29, 1.82) is 0 Å². The van der Waals surface area contributed by atoms with Gasteiger partial charge in [0.05, 0.1) is 6.54 Å². The zero-order valence-corrected chi connectivity index (χ0v) is 13.0. The fourth-order valence-electron chi connectivity index (χ4n) is 2.60. The maximum absolute atomic E-state index is 11.9. The molecule has 0 atom stereocenters. The van der Waals surface area contributed by atoms with E-state index < -0.39 is 5.66 Å². The maximum atomic E-state index is 11.9. The highest BCUT2D eigenvalue weighted by molar-refractivity contribution is 5.75. The summed E-state index contributed by atoms with van der Waals surface area (Å²) in [7, 11) is 0. The molecular weight excluding hydrogens is 296 g/mol. The summed E-state index contributed by atoms with van der Waals surface area (Å²) >= 11 is 0. The average molecular weight is 316 g/mol. The van der Waals surface area contributed by atoms with Crippen LogP contribution >= 0.6 is 0 Å². The molecule has 0 spiro atoms. The Kier molecular flexibility index (Phi) is 4.55. The van der Waals surface area contributed by atoms with E-state index in [2.05, 4.69) is 36.6 Å². The Balaban J connectivity index is 1.38. The average Bonchev–Trinajstić information content (AvgIpc) is 2.96. The Labute approximate surface area is 134 Å². The third-order valence-electron chi connectivity index (χ3n) is 4.07. The third-order valence-corrected chi connectivity index (χ3v) is 4.07. The topological polar surface area (TPSA) is 96.0 Å². The van der Waals surface area contributed by atoms with Gasteiger partial charge in [0.15, 0.2) is 5.66 Å². The van der Waals surface area contributed by atoms with E-state index in [-0.39, 0.29) is 12.5 Å². The monoisotopic (exact) mass is 316 g/mol. The molecule has 1 N–H and O–H groups in total. The second-order valence-electron chi connectivity index (χ2n) is 5.84. The van der Waals surface area contributed by atoms with Crippen LogP contribution in [0.2, 0.25) is 0 Å². The van der Waals surface area contributed by atoms with Gasteiger partial charge < -0.3 is 14.6 Å². The molecule has 0 saturated carbocycles. The molecule has 1 aromatic rings. The maximum Gasteiger partial charge on any atom is 0.318 e. The minimum Gasteiger partial charge on any atom is -0.406 e. The smallest absolute Gasteiger partial charge is 0.318 e. The van der Waals surface area contributed by atoms with Crippen molar-refractivity contribution < 1.29 is 9.21 Å². The molecule has 8 heteroatoms. The van der Waals surface area contributed by atoms with Crippen LogP contribution < -0.4 is 10.2 Å². The number of hydrogen-bond acceptors (Lipinski definition) is 7. The van der Waals surface area contributed by atoms with Crippen LogP contribution in [0.4, 0.5) is 6.01 Å². The fourth-order valence-corrected chi connectivity index (χ4v) is 2.60. The predicted molar refractivity (Wildman–Crippen MR) is 82.5 cm³/mol. The fraction of sp³-hybridized carbons (Fsp3) is 0.667. The molecule has 8 nitrogen and oxygen atoms in total. The van der Waals surface area contributed by atoms with Gasteiger partial charge in [-0.3, -0.25) is 4.79 Å². The summed E-state index contributed by atoms with van der Waals surface area (Å²) in [4.78, 5) is 14.0. The lowest BCUT2D eigenvalue weighted by atomic mass is 10.0. The van der Waals surface area contributed by atoms with Crippen LogP contribution in [0, 0.1) is 12.3 Å². The van der Waals surface area contributed by atoms with Crippen molar-refractivity contribution in [2.75, 3.05) is 18.0 Å². The molecule has 3 heterocycles. The van der Waals surface area contributed by atoms with Crippen LogP contribution in [0.25, 0.3) is 0 Å². The van der Waals surface area contributed by atoms with Gasteiger partial charge in [0.25, 0.3) is 0 Å². The van der Waals surface area contributed by atoms with E-state index >= 15 is 0 Å². The Bertz CT molecular complexity index is 620. The van der Waals surface area contributed by atoms with Crippen LogP contribution in [0.1, 0.15) is 44.4 Å². The number of nitrogens with one attached hydrogen (secondary N) is 1. The van der Waals surface area contributed by atoms with Gasteiger partial charge in [-0.15, -0.1) is 17.4 Å². The minimum atomic E-state index is -0.420. The molecule has 1 saturated heterocycles. The molecule has 2 aliphatic rings. The van der Waals surface area contributed by atoms with Crippen molar-refractivity contribution in [1.82, 2.24) is 15.5 Å². The van der Waals surface area contributed by atoms with Crippen molar-refractivity contribution in [3.63, 3.8) is 0 Å². The zero-order valence-electron chi connectivity index (χ0n) is 13.0. The molecule has 23 heavy (non-hydrogen) atoms. The number of carbonyl (C=O) groups is 1. The number of anilines is 1. The first-order chi connectivity index (χ1) is 11.2. The van der Waals surface area contributed by atoms with Crippen LogP contribution in [-0.4, -0.2) is 34.9 Å². The summed E-state index contributed by atoms with van der Waals surface area (Å²) < 4.78 is 5.56. The number of aromatic nitrogens is 2. The minimum absolute atomic E-state index is 0.0803. The number of terminal acetylenes is 1. The molecule has 3 rings (SSSR count). The van der Waals surface area contributed by atoms with E-state index in [4.69, 9.17) is 10.8 Å². The highest BCUT2D eigenvalue weighted by Gasteiger charge is 2.39. The SMILES string of the molecule is C#CCCC1(CCC(=O)NCc2nnc(N3CCCC3)o2)N=N1. The molecule has 1 fully saturated rings. The molecule has 122 valence electrons. The van der Waals surface area contributed by atoms with Crippen molar-refractivity contribution >= 4 is 11.9 Å². The normalized spacial score (nSPS) is 18.0. The lowest BCUT2D eigenvalue weighted by Crippen LogP contribution is -2.25. The van der Waals surface area contributed by atoms with E-state index in [1.165, 1.54) is 0 Å². The largest absolute Gasteiger partial charge is 0.406 e. The van der Waals surface area contributed by atoms with Gasteiger partial charge in [-0.25, -0.2) is 0 Å². The van der Waals surface area contributed by atoms with Gasteiger partial charge in [-0.1, -0.05) is 5.10 Å². The summed E-state index contributed by atoms with van der Waals surface area (Å²) in [5.74, 6) is 2.91. The number of carbonyl (C=O) groups excluding carboxylic acids is 1. The summed E-state index contributed by atoms with van der Waals surface area (Å²) in [5.41, 5.74) is -0.420. The lowest BCUT2D eigenvalue weighted by Gasteiger charge is -2.10. The van der Waals surface area contributed by atoms with Gasteiger partial charge in [0.1, 0.15) is 0 Å². The van der Waals surface area contributed by atoms with E-state index in [0.29, 0.717) is 37.6 Å². The lowest BCUT2D eigenvalue weighted by molar-refractivity contribution is -0.121. The van der Waals surface area contributed by atoms with Crippen LogP contribution in [-0.2, 0) is 11.3 Å². The summed E-state index contributed by atoms with van der Waals surface area (Å²) in [6, 6.07) is 0.538. The van der Waals surface area contributed by atoms with E-state index in [1.54, 1.807) is 0 Å². The number of amides is 1. The first-order valence-electron chi connectivity index (χ1n) is 7.92. The second-order valence-corrected chi connectivity index (χ2v) is 5.84. The highest BCUT2D eigenvalue weighted by Crippen LogP contribution is 2.37. The van der Waals surface area contributed by atoms with Crippen LogP contribution in [0.15, 0.2) is 14.6 Å². The molecule has 1 amide bonds. The molecule has 1 aromatic heterocycles. The van der Waals surface area contributed by atoms with E-state index in [0.717, 1.165) is 25.9 Å². The Hall–Kier alpha value is -2.43. The first kappa shape index (κ1) is 15.5. The first-order valence-corrected chi connectivity index (χ1v) is 7.92. The van der Waals surface area contributed by atoms with Crippen molar-refractivity contribution in [3.8, 4) is 12.3 Å². The zero-order chi connectivity index (χ0) is 16.1. The van der Waals surface area contributed by atoms with Crippen molar-refractivity contribution in [2.24, 2.45) is 10.2 Å². The molecule has 2 aliphatic heterocycles. The molecular formula is C15H20N6O2. The number of hydrogen-bond donors (Lipinski definition) is 1. The highest BCUT2D eigenvalue weighted by atomic mass is 16.4. The van der Waals surface area contributed by atoms with Gasteiger partial charge >= 0.3 is 6.01 Å². The Morgan fingerprint density at radius 1 is 1.30 bits per heavy atom. The molecule has 0 unspecified atom stereocenters. The van der Waals surface area contributed by atoms with Gasteiger partial charge in [-0.05, 0) is 12.8 Å². The van der Waals surface area contributed by atoms with Crippen molar-refractivity contribution in [3.05, 3.63) is 5.89 Å². The molecule has 0 aromatic carbocycles. The predicted octanol–water partition coefficient (Wildman–Crippen LogP) is 1.64. The van der Waals surface area contributed by atoms with Crippen LogP contribution in [0.5, 0.6) is 0 Å². The van der Waals surface area contributed by atoms with E-state index in [1.807, 2.05) is 0 Å². The van der Waals surface area contributed by atoms with Crippen LogP contribution in [0.3, 0.4) is 0 Å². The summed E-state index contributed by atoms with van der Waals surface area (Å²) in [6.45, 7) is 2.13. The third kappa shape index (κ3) is 4.06. The standard InChI is InChI=1S/C15H20N6O2/c1-2-3-7-15(19-20-15)8-6-12(22)16-11-13-17-18-14(23-13)21-9-4-5-10-21/h1H,3-11H2,(H,16,22). The van der Waals surface area contributed by atoms with Gasteiger partial charge in [-0.2, -0.15) is 10.2 Å². The van der Waals surface area contributed by atoms with E-state index in [9.17, 15) is 4.79 Å². The number of nitrogens with zero attached hydrogens (tertiary/aromatic N) is 5. The summed E-state index contributed by atoms with van der Waals surface area (Å²) in [6.07, 6.45) is 9.80. The quantitative estimate of drug-likeness (QED) is 0.736. The Morgan fingerprint density at radius 3 is 2.78 bits per heavy atom.